The fourth-order valence-corrected chi connectivity index (χ4v) is 1.98. The van der Waals surface area contributed by atoms with Gasteiger partial charge >= 0.3 is 0 Å². The standard InChI is InChI=1S/C10H9NOS/c1-7-4-5-9(13-7)10(12)8-3-2-6-11-8/h2-6,11H,1H3. The Hall–Kier alpha value is -1.35. The molecule has 0 fully saturated rings. The summed E-state index contributed by atoms with van der Waals surface area (Å²) in [5.41, 5.74) is 0.654. The fourth-order valence-electron chi connectivity index (χ4n) is 1.16. The Balaban J connectivity index is 2.33. The van der Waals surface area contributed by atoms with Gasteiger partial charge in [-0.2, -0.15) is 0 Å². The van der Waals surface area contributed by atoms with Crippen LogP contribution in [0.2, 0.25) is 0 Å². The third-order valence-electron chi connectivity index (χ3n) is 1.81. The zero-order chi connectivity index (χ0) is 9.26. The summed E-state index contributed by atoms with van der Waals surface area (Å²) in [6, 6.07) is 7.44. The van der Waals surface area contributed by atoms with Crippen molar-refractivity contribution in [1.29, 1.82) is 0 Å². The van der Waals surface area contributed by atoms with Crippen LogP contribution in [0, 0.1) is 6.92 Å². The quantitative estimate of drug-likeness (QED) is 0.727. The van der Waals surface area contributed by atoms with E-state index in [0.29, 0.717) is 5.69 Å². The van der Waals surface area contributed by atoms with Crippen molar-refractivity contribution in [1.82, 2.24) is 4.98 Å². The van der Waals surface area contributed by atoms with Crippen molar-refractivity contribution in [3.8, 4) is 0 Å². The Morgan fingerprint density at radius 2 is 2.23 bits per heavy atom. The van der Waals surface area contributed by atoms with Crippen molar-refractivity contribution in [2.75, 3.05) is 0 Å². The number of ketones is 1. The summed E-state index contributed by atoms with van der Waals surface area (Å²) in [6.45, 7) is 2.00. The van der Waals surface area contributed by atoms with E-state index in [1.807, 2.05) is 25.1 Å². The lowest BCUT2D eigenvalue weighted by molar-refractivity contribution is 0.103. The van der Waals surface area contributed by atoms with Crippen LogP contribution in [0.25, 0.3) is 0 Å². The van der Waals surface area contributed by atoms with Crippen LogP contribution in [0.3, 0.4) is 0 Å². The van der Waals surface area contributed by atoms with E-state index in [4.69, 9.17) is 0 Å². The van der Waals surface area contributed by atoms with E-state index < -0.39 is 0 Å². The smallest absolute Gasteiger partial charge is 0.219 e. The maximum Gasteiger partial charge on any atom is 0.219 e. The van der Waals surface area contributed by atoms with E-state index in [9.17, 15) is 4.79 Å². The van der Waals surface area contributed by atoms with E-state index in [2.05, 4.69) is 4.98 Å². The summed E-state index contributed by atoms with van der Waals surface area (Å²) in [5.74, 6) is 0.0723. The average Bonchev–Trinajstić information content (AvgIpc) is 2.72. The minimum absolute atomic E-state index is 0.0723. The Kier molecular flexibility index (Phi) is 2.02. The van der Waals surface area contributed by atoms with Crippen LogP contribution < -0.4 is 0 Å². The summed E-state index contributed by atoms with van der Waals surface area (Å²) in [4.78, 5) is 16.6. The number of carbonyl (C=O) groups excluding carboxylic acids is 1. The molecule has 0 aliphatic heterocycles. The van der Waals surface area contributed by atoms with Gasteiger partial charge in [-0.05, 0) is 31.2 Å². The van der Waals surface area contributed by atoms with Crippen LogP contribution in [0.4, 0.5) is 0 Å². The minimum Gasteiger partial charge on any atom is -0.358 e. The zero-order valence-electron chi connectivity index (χ0n) is 7.20. The first-order valence-electron chi connectivity index (χ1n) is 4.02. The number of carbonyl (C=O) groups is 1. The molecule has 0 aliphatic carbocycles. The molecule has 0 radical (unpaired) electrons. The van der Waals surface area contributed by atoms with Gasteiger partial charge in [0.25, 0.3) is 0 Å². The van der Waals surface area contributed by atoms with Crippen LogP contribution in [0.5, 0.6) is 0 Å². The number of hydrogen-bond acceptors (Lipinski definition) is 2. The summed E-state index contributed by atoms with van der Waals surface area (Å²) >= 11 is 1.52. The second kappa shape index (κ2) is 3.18. The molecule has 0 amide bonds. The third-order valence-corrected chi connectivity index (χ3v) is 2.81. The lowest BCUT2D eigenvalue weighted by atomic mass is 10.2. The predicted molar refractivity (Wildman–Crippen MR) is 53.3 cm³/mol. The Morgan fingerprint density at radius 1 is 1.38 bits per heavy atom. The third kappa shape index (κ3) is 1.55. The van der Waals surface area contributed by atoms with Crippen LogP contribution in [-0.4, -0.2) is 10.8 Å². The summed E-state index contributed by atoms with van der Waals surface area (Å²) in [6.07, 6.45) is 1.76. The number of aryl methyl sites for hydroxylation is 1. The van der Waals surface area contributed by atoms with Gasteiger partial charge in [0.1, 0.15) is 0 Å². The van der Waals surface area contributed by atoms with Gasteiger partial charge in [0.15, 0.2) is 0 Å². The maximum absolute atomic E-state index is 11.7. The van der Waals surface area contributed by atoms with Gasteiger partial charge in [-0.25, -0.2) is 0 Å². The number of hydrogen-bond donors (Lipinski definition) is 1. The molecule has 13 heavy (non-hydrogen) atoms. The molecule has 0 saturated heterocycles. The molecule has 0 bridgehead atoms. The second-order valence-corrected chi connectivity index (χ2v) is 4.11. The van der Waals surface area contributed by atoms with E-state index in [1.165, 1.54) is 11.3 Å². The maximum atomic E-state index is 11.7. The number of rotatable bonds is 2. The van der Waals surface area contributed by atoms with Crippen molar-refractivity contribution >= 4 is 17.1 Å². The molecule has 66 valence electrons. The van der Waals surface area contributed by atoms with E-state index in [0.717, 1.165) is 9.75 Å². The van der Waals surface area contributed by atoms with Gasteiger partial charge in [-0.1, -0.05) is 0 Å². The zero-order valence-corrected chi connectivity index (χ0v) is 8.02. The Bertz CT molecular complexity index is 414. The van der Waals surface area contributed by atoms with Crippen molar-refractivity contribution in [2.45, 2.75) is 6.92 Å². The summed E-state index contributed by atoms with van der Waals surface area (Å²) < 4.78 is 0. The SMILES string of the molecule is Cc1ccc(C(=O)c2ccc[nH]2)s1. The molecule has 2 nitrogen and oxygen atoms in total. The molecule has 1 N–H and O–H groups in total. The van der Waals surface area contributed by atoms with Crippen LogP contribution in [0.1, 0.15) is 20.2 Å². The minimum atomic E-state index is 0.0723. The van der Waals surface area contributed by atoms with Gasteiger partial charge in [-0.3, -0.25) is 4.79 Å². The first kappa shape index (κ1) is 8.26. The number of nitrogens with one attached hydrogen (secondary N) is 1. The predicted octanol–water partition coefficient (Wildman–Crippen LogP) is 2.62. The molecule has 0 unspecified atom stereocenters. The summed E-state index contributed by atoms with van der Waals surface area (Å²) in [5, 5.41) is 0. The lowest BCUT2D eigenvalue weighted by Gasteiger charge is -1.91. The Labute approximate surface area is 80.2 Å². The first-order valence-corrected chi connectivity index (χ1v) is 4.83. The highest BCUT2D eigenvalue weighted by Gasteiger charge is 2.10. The average molecular weight is 191 g/mol. The topological polar surface area (TPSA) is 32.9 Å². The molecule has 0 spiro atoms. The number of H-pyrrole nitrogens is 1. The van der Waals surface area contributed by atoms with E-state index in [-0.39, 0.29) is 5.78 Å². The van der Waals surface area contributed by atoms with Crippen LogP contribution in [0.15, 0.2) is 30.5 Å². The van der Waals surface area contributed by atoms with Gasteiger partial charge in [0.2, 0.25) is 5.78 Å². The molecular weight excluding hydrogens is 182 g/mol. The van der Waals surface area contributed by atoms with E-state index >= 15 is 0 Å². The molecule has 2 aromatic heterocycles. The normalized spacial score (nSPS) is 10.2. The molecule has 2 heterocycles. The van der Waals surface area contributed by atoms with E-state index in [1.54, 1.807) is 12.3 Å². The number of thiophene rings is 1. The van der Waals surface area contributed by atoms with Gasteiger partial charge < -0.3 is 4.98 Å². The Morgan fingerprint density at radius 3 is 2.77 bits per heavy atom. The van der Waals surface area contributed by atoms with Crippen LogP contribution in [-0.2, 0) is 0 Å². The second-order valence-electron chi connectivity index (χ2n) is 2.82. The lowest BCUT2D eigenvalue weighted by Crippen LogP contribution is -1.97. The van der Waals surface area contributed by atoms with Crippen molar-refractivity contribution in [3.63, 3.8) is 0 Å². The van der Waals surface area contributed by atoms with Crippen molar-refractivity contribution < 1.29 is 4.79 Å². The first-order chi connectivity index (χ1) is 6.27. The van der Waals surface area contributed by atoms with Crippen LogP contribution >= 0.6 is 11.3 Å². The molecule has 0 aromatic carbocycles. The molecule has 2 aromatic rings. The largest absolute Gasteiger partial charge is 0.358 e. The van der Waals surface area contributed by atoms with Crippen molar-refractivity contribution in [2.24, 2.45) is 0 Å². The number of aromatic amines is 1. The van der Waals surface area contributed by atoms with Gasteiger partial charge in [-0.15, -0.1) is 11.3 Å². The highest BCUT2D eigenvalue weighted by molar-refractivity contribution is 7.14. The monoisotopic (exact) mass is 191 g/mol. The highest BCUT2D eigenvalue weighted by Crippen LogP contribution is 2.18. The molecule has 0 atom stereocenters. The molecule has 2 rings (SSSR count). The van der Waals surface area contributed by atoms with Crippen molar-refractivity contribution in [3.05, 3.63) is 45.9 Å². The molecule has 0 aliphatic rings. The van der Waals surface area contributed by atoms with Gasteiger partial charge in [0, 0.05) is 11.1 Å². The fraction of sp³-hybridized carbons (Fsp3) is 0.100. The highest BCUT2D eigenvalue weighted by atomic mass is 32.1. The summed E-state index contributed by atoms with van der Waals surface area (Å²) in [7, 11) is 0. The molecular formula is C10H9NOS. The molecule has 0 saturated carbocycles. The van der Waals surface area contributed by atoms with Gasteiger partial charge in [0.05, 0.1) is 10.6 Å². The number of aromatic nitrogens is 1. The molecule has 3 heteroatoms.